The molecule has 4 aromatic carbocycles. The first-order valence-electron chi connectivity index (χ1n) is 16.8. The van der Waals surface area contributed by atoms with E-state index < -0.39 is 12.1 Å². The number of fused-ring (bicyclic) bond motifs is 6. The number of aromatic nitrogens is 1. The Hall–Kier alpha value is -5.63. The molecule has 1 aliphatic heterocycles. The second-order valence-electron chi connectivity index (χ2n) is 13.2. The summed E-state index contributed by atoms with van der Waals surface area (Å²) in [7, 11) is 0. The fourth-order valence-electron chi connectivity index (χ4n) is 7.91. The van der Waals surface area contributed by atoms with E-state index in [2.05, 4.69) is 0 Å². The van der Waals surface area contributed by atoms with Crippen LogP contribution in [-0.2, 0) is 20.9 Å². The molecular formula is C41H34N2O6. The van der Waals surface area contributed by atoms with Crippen molar-refractivity contribution in [2.45, 2.75) is 38.9 Å². The molecule has 8 heteroatoms. The van der Waals surface area contributed by atoms with Crippen molar-refractivity contribution in [3.05, 3.63) is 126 Å². The van der Waals surface area contributed by atoms with Gasteiger partial charge in [0.1, 0.15) is 12.4 Å². The van der Waals surface area contributed by atoms with Crippen molar-refractivity contribution >= 4 is 40.2 Å². The summed E-state index contributed by atoms with van der Waals surface area (Å²) in [5, 5.41) is 0.599. The van der Waals surface area contributed by atoms with Gasteiger partial charge in [-0.2, -0.15) is 0 Å². The molecule has 1 aromatic heterocycles. The number of para-hydroxylation sites is 1. The number of imide groups is 1. The van der Waals surface area contributed by atoms with Gasteiger partial charge in [-0.3, -0.25) is 19.3 Å². The number of ether oxygens (including phenoxy) is 2. The summed E-state index contributed by atoms with van der Waals surface area (Å²) in [6.45, 7) is 1.97. The highest BCUT2D eigenvalue weighted by Crippen LogP contribution is 2.56. The number of hydrogen-bond donors (Lipinski definition) is 0. The topological polar surface area (TPSA) is 103 Å². The lowest BCUT2D eigenvalue weighted by atomic mass is 9.81. The highest BCUT2D eigenvalue weighted by atomic mass is 16.5. The van der Waals surface area contributed by atoms with Crippen LogP contribution in [0.4, 0.5) is 5.69 Å². The zero-order valence-electron chi connectivity index (χ0n) is 27.0. The zero-order valence-corrected chi connectivity index (χ0v) is 27.0. The van der Waals surface area contributed by atoms with E-state index in [9.17, 15) is 19.2 Å². The zero-order chi connectivity index (χ0) is 33.6. The van der Waals surface area contributed by atoms with E-state index in [0.717, 1.165) is 24.8 Å². The molecule has 2 heterocycles. The normalized spacial score (nSPS) is 21.5. The fourth-order valence-corrected chi connectivity index (χ4v) is 7.91. The second-order valence-corrected chi connectivity index (χ2v) is 13.2. The maximum atomic E-state index is 13.6. The van der Waals surface area contributed by atoms with Crippen LogP contribution in [-0.4, -0.2) is 34.7 Å². The van der Waals surface area contributed by atoms with Gasteiger partial charge in [0.05, 0.1) is 34.3 Å². The average Bonchev–Trinajstić information content (AvgIpc) is 3.84. The van der Waals surface area contributed by atoms with Crippen LogP contribution < -0.4 is 9.64 Å². The predicted octanol–water partition coefficient (Wildman–Crippen LogP) is 7.44. The molecule has 3 aliphatic rings. The first-order chi connectivity index (χ1) is 23.9. The molecule has 49 heavy (non-hydrogen) atoms. The summed E-state index contributed by atoms with van der Waals surface area (Å²) < 4.78 is 11.6. The number of carbonyl (C=O) groups is 4. The molecule has 0 N–H and O–H groups in total. The molecule has 2 amide bonds. The van der Waals surface area contributed by atoms with Gasteiger partial charge in [0.2, 0.25) is 17.6 Å². The Bertz CT molecular complexity index is 2070. The van der Waals surface area contributed by atoms with Gasteiger partial charge in [-0.25, -0.2) is 9.78 Å². The Labute approximate surface area is 283 Å². The Balaban J connectivity index is 0.986. The molecule has 5 aromatic rings. The number of Topliss-reactive ketones (excluding diaryl/α,β-unsaturated/α-hetero) is 1. The largest absolute Gasteiger partial charge is 0.489 e. The molecule has 244 valence electrons. The average molecular weight is 651 g/mol. The number of rotatable bonds is 9. The number of carbonyl (C=O) groups excluding carboxylic acids is 4. The number of nitrogens with zero attached hydrogens (tertiary/aromatic N) is 2. The Morgan fingerprint density at radius 3 is 2.16 bits per heavy atom. The summed E-state index contributed by atoms with van der Waals surface area (Å²) >= 11 is 0. The highest BCUT2D eigenvalue weighted by Gasteiger charge is 2.61. The number of benzene rings is 4. The minimum absolute atomic E-state index is 0.0835. The van der Waals surface area contributed by atoms with Crippen LogP contribution in [0, 0.1) is 23.7 Å². The number of amides is 2. The van der Waals surface area contributed by atoms with Gasteiger partial charge in [-0.15, -0.1) is 0 Å². The Kier molecular flexibility index (Phi) is 7.79. The van der Waals surface area contributed by atoms with Crippen LogP contribution >= 0.6 is 0 Å². The fraction of sp³-hybridized carbons (Fsp3) is 0.244. The van der Waals surface area contributed by atoms with E-state index in [4.69, 9.17) is 14.5 Å². The van der Waals surface area contributed by atoms with Crippen LogP contribution in [0.5, 0.6) is 5.75 Å². The monoisotopic (exact) mass is 650 g/mol. The van der Waals surface area contributed by atoms with Crippen molar-refractivity contribution in [3.8, 4) is 17.0 Å². The molecule has 3 fully saturated rings. The SMILES string of the molecule is C[C@H](OC(=O)c1cc(-c2ccc(N3C(=O)[C@H]4[C@H]5CC[C@@H](C5)[C@@H]4C3=O)cc2)nc2ccccc12)C(=O)c1ccc(OCc2ccccc2)cc1. The summed E-state index contributed by atoms with van der Waals surface area (Å²) in [5.74, 6) is -0.252. The Morgan fingerprint density at radius 2 is 1.47 bits per heavy atom. The Morgan fingerprint density at radius 1 is 0.816 bits per heavy atom. The van der Waals surface area contributed by atoms with Crippen molar-refractivity contribution in [3.63, 3.8) is 0 Å². The van der Waals surface area contributed by atoms with Crippen molar-refractivity contribution in [2.24, 2.45) is 23.7 Å². The first kappa shape index (κ1) is 30.7. The lowest BCUT2D eigenvalue weighted by Crippen LogP contribution is -2.32. The molecule has 8 rings (SSSR count). The maximum Gasteiger partial charge on any atom is 0.339 e. The number of pyridine rings is 1. The van der Waals surface area contributed by atoms with E-state index in [-0.39, 0.29) is 35.0 Å². The summed E-state index contributed by atoms with van der Waals surface area (Å²) in [5.41, 5.74) is 4.10. The second kappa shape index (κ2) is 12.4. The van der Waals surface area contributed by atoms with Gasteiger partial charge < -0.3 is 9.47 Å². The van der Waals surface area contributed by atoms with E-state index in [1.807, 2.05) is 60.7 Å². The van der Waals surface area contributed by atoms with Crippen molar-refractivity contribution in [2.75, 3.05) is 4.90 Å². The molecule has 0 spiro atoms. The van der Waals surface area contributed by atoms with Gasteiger partial charge in [0.15, 0.2) is 6.10 Å². The molecule has 1 saturated heterocycles. The third-order valence-electron chi connectivity index (χ3n) is 10.3. The predicted molar refractivity (Wildman–Crippen MR) is 184 cm³/mol. The quantitative estimate of drug-likeness (QED) is 0.0928. The van der Waals surface area contributed by atoms with Gasteiger partial charge in [-0.05, 0) is 92.1 Å². The third-order valence-corrected chi connectivity index (χ3v) is 10.3. The van der Waals surface area contributed by atoms with E-state index in [0.29, 0.717) is 57.6 Å². The first-order valence-corrected chi connectivity index (χ1v) is 16.8. The lowest BCUT2D eigenvalue weighted by Gasteiger charge is -2.19. The van der Waals surface area contributed by atoms with E-state index in [1.54, 1.807) is 55.5 Å². The van der Waals surface area contributed by atoms with Crippen LogP contribution in [0.25, 0.3) is 22.2 Å². The van der Waals surface area contributed by atoms with Crippen molar-refractivity contribution in [1.82, 2.24) is 4.98 Å². The van der Waals surface area contributed by atoms with Crippen LogP contribution in [0.2, 0.25) is 0 Å². The summed E-state index contributed by atoms with van der Waals surface area (Å²) in [6.07, 6.45) is 2.01. The molecule has 0 unspecified atom stereocenters. The van der Waals surface area contributed by atoms with Crippen LogP contribution in [0.15, 0.2) is 109 Å². The third kappa shape index (κ3) is 5.57. The van der Waals surface area contributed by atoms with Crippen LogP contribution in [0.3, 0.4) is 0 Å². The molecule has 8 nitrogen and oxygen atoms in total. The molecule has 5 atom stereocenters. The lowest BCUT2D eigenvalue weighted by molar-refractivity contribution is -0.123. The molecule has 2 bridgehead atoms. The molecule has 2 aliphatic carbocycles. The van der Waals surface area contributed by atoms with Gasteiger partial charge in [0.25, 0.3) is 0 Å². The number of esters is 1. The van der Waals surface area contributed by atoms with Gasteiger partial charge in [0, 0.05) is 16.5 Å². The minimum Gasteiger partial charge on any atom is -0.489 e. The molecule has 0 radical (unpaired) electrons. The number of hydrogen-bond acceptors (Lipinski definition) is 7. The standard InChI is InChI=1S/C41H34N2O6/c1-24(38(44)27-15-19-31(20-16-27)48-23-25-7-3-2-4-8-25)49-41(47)33-22-35(42-34-10-6-5-9-32(33)34)26-13-17-30(18-14-26)43-39(45)36-28-11-12-29(21-28)37(36)40(43)46/h2-10,13-20,22,24,28-29,36-37H,11-12,21,23H2,1H3/t24-,28-,29-,36-,37-/m0/s1. The molecule has 2 saturated carbocycles. The smallest absolute Gasteiger partial charge is 0.339 e. The van der Waals surface area contributed by atoms with Gasteiger partial charge in [-0.1, -0.05) is 60.7 Å². The number of anilines is 1. The van der Waals surface area contributed by atoms with Crippen LogP contribution in [0.1, 0.15) is 52.5 Å². The highest BCUT2D eigenvalue weighted by molar-refractivity contribution is 6.22. The van der Waals surface area contributed by atoms with Gasteiger partial charge >= 0.3 is 5.97 Å². The minimum atomic E-state index is -1.04. The van der Waals surface area contributed by atoms with E-state index >= 15 is 0 Å². The van der Waals surface area contributed by atoms with Crippen molar-refractivity contribution < 1.29 is 28.7 Å². The van der Waals surface area contributed by atoms with Crippen molar-refractivity contribution in [1.29, 1.82) is 0 Å². The molecular weight excluding hydrogens is 616 g/mol. The maximum absolute atomic E-state index is 13.6. The summed E-state index contributed by atoms with van der Waals surface area (Å²) in [6, 6.07) is 32.6. The van der Waals surface area contributed by atoms with E-state index in [1.165, 1.54) is 4.90 Å². The number of ketones is 1. The summed E-state index contributed by atoms with van der Waals surface area (Å²) in [4.78, 5) is 59.7.